The molecule has 0 aliphatic heterocycles. The first-order valence-electron chi connectivity index (χ1n) is 6.89. The standard InChI is InChI=1S/C16H20N2O2/c1-3-5-15(16(19)20-2)18-11-12-7-8-14-13(10-12)6-4-9-17-14/h4,6-10,15,18H,3,5,11H2,1-2H3. The minimum absolute atomic E-state index is 0.200. The number of methoxy groups -OCH3 is 1. The number of benzene rings is 1. The van der Waals surface area contributed by atoms with Gasteiger partial charge in [-0.3, -0.25) is 9.78 Å². The highest BCUT2D eigenvalue weighted by atomic mass is 16.5. The van der Waals surface area contributed by atoms with E-state index in [1.165, 1.54) is 7.11 Å². The lowest BCUT2D eigenvalue weighted by Gasteiger charge is -2.15. The molecule has 106 valence electrons. The largest absolute Gasteiger partial charge is 0.468 e. The van der Waals surface area contributed by atoms with Crippen LogP contribution in [0.5, 0.6) is 0 Å². The van der Waals surface area contributed by atoms with Gasteiger partial charge in [-0.2, -0.15) is 0 Å². The molecule has 0 aliphatic rings. The number of nitrogens with zero attached hydrogens (tertiary/aromatic N) is 1. The summed E-state index contributed by atoms with van der Waals surface area (Å²) >= 11 is 0. The van der Waals surface area contributed by atoms with E-state index in [0.717, 1.165) is 29.3 Å². The van der Waals surface area contributed by atoms with Crippen LogP contribution in [-0.4, -0.2) is 24.1 Å². The van der Waals surface area contributed by atoms with E-state index in [2.05, 4.69) is 23.3 Å². The van der Waals surface area contributed by atoms with Gasteiger partial charge < -0.3 is 10.1 Å². The van der Waals surface area contributed by atoms with Gasteiger partial charge >= 0.3 is 5.97 Å². The lowest BCUT2D eigenvalue weighted by molar-refractivity contribution is -0.143. The van der Waals surface area contributed by atoms with Gasteiger partial charge in [-0.25, -0.2) is 0 Å². The van der Waals surface area contributed by atoms with E-state index >= 15 is 0 Å². The molecule has 0 fully saturated rings. The van der Waals surface area contributed by atoms with Crippen LogP contribution in [0.2, 0.25) is 0 Å². The molecule has 0 spiro atoms. The minimum Gasteiger partial charge on any atom is -0.468 e. The van der Waals surface area contributed by atoms with Crippen molar-refractivity contribution in [3.05, 3.63) is 42.1 Å². The number of hydrogen-bond donors (Lipinski definition) is 1. The van der Waals surface area contributed by atoms with E-state index in [9.17, 15) is 4.79 Å². The van der Waals surface area contributed by atoms with Crippen LogP contribution in [0.3, 0.4) is 0 Å². The molecule has 1 atom stereocenters. The Labute approximate surface area is 119 Å². The average Bonchev–Trinajstić information content (AvgIpc) is 2.50. The molecule has 1 N–H and O–H groups in total. The molecular formula is C16H20N2O2. The van der Waals surface area contributed by atoms with Gasteiger partial charge in [0, 0.05) is 18.1 Å². The van der Waals surface area contributed by atoms with Crippen molar-refractivity contribution in [3.63, 3.8) is 0 Å². The maximum atomic E-state index is 11.6. The van der Waals surface area contributed by atoms with Crippen LogP contribution in [0, 0.1) is 0 Å². The molecule has 1 unspecified atom stereocenters. The Morgan fingerprint density at radius 3 is 3.00 bits per heavy atom. The van der Waals surface area contributed by atoms with Crippen LogP contribution in [0.15, 0.2) is 36.5 Å². The predicted octanol–water partition coefficient (Wildman–Crippen LogP) is 2.67. The molecule has 0 saturated heterocycles. The topological polar surface area (TPSA) is 51.2 Å². The fraction of sp³-hybridized carbons (Fsp3) is 0.375. The lowest BCUT2D eigenvalue weighted by Crippen LogP contribution is -2.37. The second-order valence-electron chi connectivity index (χ2n) is 4.78. The van der Waals surface area contributed by atoms with Crippen molar-refractivity contribution >= 4 is 16.9 Å². The predicted molar refractivity (Wildman–Crippen MR) is 79.3 cm³/mol. The van der Waals surface area contributed by atoms with E-state index < -0.39 is 0 Å². The summed E-state index contributed by atoms with van der Waals surface area (Å²) in [7, 11) is 1.42. The van der Waals surface area contributed by atoms with Crippen molar-refractivity contribution in [2.45, 2.75) is 32.4 Å². The monoisotopic (exact) mass is 272 g/mol. The van der Waals surface area contributed by atoms with Gasteiger partial charge in [0.05, 0.1) is 12.6 Å². The molecule has 1 heterocycles. The van der Waals surface area contributed by atoms with Crippen LogP contribution in [0.25, 0.3) is 10.9 Å². The molecule has 4 heteroatoms. The van der Waals surface area contributed by atoms with Crippen LogP contribution < -0.4 is 5.32 Å². The first kappa shape index (κ1) is 14.5. The highest BCUT2D eigenvalue weighted by Crippen LogP contribution is 2.13. The van der Waals surface area contributed by atoms with E-state index in [1.807, 2.05) is 24.3 Å². The third-order valence-electron chi connectivity index (χ3n) is 3.28. The zero-order chi connectivity index (χ0) is 14.4. The molecule has 0 saturated carbocycles. The van der Waals surface area contributed by atoms with Crippen molar-refractivity contribution in [2.24, 2.45) is 0 Å². The van der Waals surface area contributed by atoms with Gasteiger partial charge in [0.25, 0.3) is 0 Å². The molecule has 0 bridgehead atoms. The number of carbonyl (C=O) groups excluding carboxylic acids is 1. The van der Waals surface area contributed by atoms with Gasteiger partial charge in [-0.15, -0.1) is 0 Å². The Hall–Kier alpha value is -1.94. The van der Waals surface area contributed by atoms with E-state index in [0.29, 0.717) is 6.54 Å². The average molecular weight is 272 g/mol. The molecule has 0 aliphatic carbocycles. The Kier molecular flexibility index (Phi) is 5.07. The van der Waals surface area contributed by atoms with Gasteiger partial charge in [0.2, 0.25) is 0 Å². The molecule has 2 rings (SSSR count). The summed E-state index contributed by atoms with van der Waals surface area (Å²) in [5.74, 6) is -0.200. The van der Waals surface area contributed by atoms with Gasteiger partial charge in [0.15, 0.2) is 0 Å². The van der Waals surface area contributed by atoms with Crippen molar-refractivity contribution in [1.29, 1.82) is 0 Å². The first-order valence-corrected chi connectivity index (χ1v) is 6.89. The van der Waals surface area contributed by atoms with E-state index in [1.54, 1.807) is 6.20 Å². The fourth-order valence-corrected chi connectivity index (χ4v) is 2.21. The molecule has 20 heavy (non-hydrogen) atoms. The van der Waals surface area contributed by atoms with Crippen LogP contribution >= 0.6 is 0 Å². The highest BCUT2D eigenvalue weighted by molar-refractivity contribution is 5.79. The third kappa shape index (κ3) is 3.54. The summed E-state index contributed by atoms with van der Waals surface area (Å²) in [5, 5.41) is 4.37. The number of fused-ring (bicyclic) bond motifs is 1. The number of rotatable bonds is 6. The summed E-state index contributed by atoms with van der Waals surface area (Å²) in [5.41, 5.74) is 2.12. The molecule has 2 aromatic rings. The van der Waals surface area contributed by atoms with Gasteiger partial charge in [0.1, 0.15) is 6.04 Å². The highest BCUT2D eigenvalue weighted by Gasteiger charge is 2.17. The number of nitrogens with one attached hydrogen (secondary N) is 1. The molecule has 1 aromatic carbocycles. The van der Waals surface area contributed by atoms with Crippen molar-refractivity contribution in [3.8, 4) is 0 Å². The number of esters is 1. The Morgan fingerprint density at radius 1 is 1.40 bits per heavy atom. The van der Waals surface area contributed by atoms with Crippen molar-refractivity contribution in [2.75, 3.05) is 7.11 Å². The SMILES string of the molecule is CCCC(NCc1ccc2ncccc2c1)C(=O)OC. The Morgan fingerprint density at radius 2 is 2.25 bits per heavy atom. The summed E-state index contributed by atoms with van der Waals surface area (Å²) in [6, 6.07) is 9.84. The molecular weight excluding hydrogens is 252 g/mol. The smallest absolute Gasteiger partial charge is 0.322 e. The van der Waals surface area contributed by atoms with Crippen molar-refractivity contribution in [1.82, 2.24) is 10.3 Å². The zero-order valence-electron chi connectivity index (χ0n) is 11.9. The maximum absolute atomic E-state index is 11.6. The number of pyridine rings is 1. The second-order valence-corrected chi connectivity index (χ2v) is 4.78. The fourth-order valence-electron chi connectivity index (χ4n) is 2.21. The van der Waals surface area contributed by atoms with Gasteiger partial charge in [-0.05, 0) is 30.2 Å². The summed E-state index contributed by atoms with van der Waals surface area (Å²) in [4.78, 5) is 15.9. The first-order chi connectivity index (χ1) is 9.74. The van der Waals surface area contributed by atoms with Crippen LogP contribution in [0.1, 0.15) is 25.3 Å². The lowest BCUT2D eigenvalue weighted by atomic mass is 10.1. The number of aromatic nitrogens is 1. The zero-order valence-corrected chi connectivity index (χ0v) is 11.9. The quantitative estimate of drug-likeness (QED) is 0.821. The van der Waals surface area contributed by atoms with Gasteiger partial charge in [-0.1, -0.05) is 25.5 Å². The third-order valence-corrected chi connectivity index (χ3v) is 3.28. The van der Waals surface area contributed by atoms with Crippen LogP contribution in [0.4, 0.5) is 0 Å². The number of carbonyl (C=O) groups is 1. The molecule has 1 aromatic heterocycles. The number of hydrogen-bond acceptors (Lipinski definition) is 4. The maximum Gasteiger partial charge on any atom is 0.322 e. The summed E-state index contributed by atoms with van der Waals surface area (Å²) < 4.78 is 4.81. The van der Waals surface area contributed by atoms with Crippen molar-refractivity contribution < 1.29 is 9.53 Å². The number of ether oxygens (including phenoxy) is 1. The summed E-state index contributed by atoms with van der Waals surface area (Å²) in [6.45, 7) is 2.70. The molecule has 4 nitrogen and oxygen atoms in total. The van der Waals surface area contributed by atoms with Crippen LogP contribution in [-0.2, 0) is 16.1 Å². The van der Waals surface area contributed by atoms with E-state index in [4.69, 9.17) is 4.74 Å². The Balaban J connectivity index is 2.05. The Bertz CT molecular complexity index is 583. The minimum atomic E-state index is -0.241. The van der Waals surface area contributed by atoms with E-state index in [-0.39, 0.29) is 12.0 Å². The summed E-state index contributed by atoms with van der Waals surface area (Å²) in [6.07, 6.45) is 3.50. The normalized spacial score (nSPS) is 12.3. The molecule has 0 radical (unpaired) electrons. The molecule has 0 amide bonds. The second kappa shape index (κ2) is 7.01.